The molecule has 0 bridgehead atoms. The van der Waals surface area contributed by atoms with E-state index in [9.17, 15) is 0 Å². The van der Waals surface area contributed by atoms with E-state index in [-0.39, 0.29) is 0 Å². The van der Waals surface area contributed by atoms with Gasteiger partial charge in [0.25, 0.3) is 0 Å². The maximum Gasteiger partial charge on any atom is 0.165 e. The van der Waals surface area contributed by atoms with Crippen molar-refractivity contribution in [3.05, 3.63) is 218 Å². The lowest BCUT2D eigenvalue weighted by atomic mass is 9.95. The van der Waals surface area contributed by atoms with Gasteiger partial charge in [-0.3, -0.25) is 4.57 Å². The molecule has 13 rings (SSSR count). The van der Waals surface area contributed by atoms with Crippen LogP contribution in [0.5, 0.6) is 0 Å². The number of nitrogens with zero attached hydrogens (tertiary/aromatic N) is 4. The largest absolute Gasteiger partial charge is 0.309 e. The van der Waals surface area contributed by atoms with Gasteiger partial charge in [0.1, 0.15) is 5.69 Å². The number of hydrogen-bond donors (Lipinski definition) is 0. The summed E-state index contributed by atoms with van der Waals surface area (Å²) in [6, 6.07) is 78.6. The van der Waals surface area contributed by atoms with Crippen LogP contribution in [0.15, 0.2) is 218 Å². The molecule has 3 aromatic heterocycles. The second-order valence-corrected chi connectivity index (χ2v) is 16.2. The summed E-state index contributed by atoms with van der Waals surface area (Å²) in [7, 11) is 0. The third-order valence-electron chi connectivity index (χ3n) is 12.6. The van der Waals surface area contributed by atoms with Gasteiger partial charge in [0.15, 0.2) is 5.82 Å². The Balaban J connectivity index is 1.17. The maximum atomic E-state index is 5.60. The number of para-hydroxylation sites is 3. The third kappa shape index (κ3) is 5.27. The summed E-state index contributed by atoms with van der Waals surface area (Å²) in [6.07, 6.45) is 0. The van der Waals surface area contributed by atoms with Crippen molar-refractivity contribution in [2.24, 2.45) is 0 Å². The zero-order chi connectivity index (χ0) is 40.7. The Hall–Kier alpha value is -8.34. The summed E-state index contributed by atoms with van der Waals surface area (Å²) in [5.41, 5.74) is 13.7. The molecule has 0 fully saturated rings. The van der Waals surface area contributed by atoms with Crippen molar-refractivity contribution in [1.29, 1.82) is 0 Å². The van der Waals surface area contributed by atoms with Crippen LogP contribution in [0.3, 0.4) is 0 Å². The molecule has 0 N–H and O–H groups in total. The summed E-state index contributed by atoms with van der Waals surface area (Å²) in [4.78, 5) is 11.1. The van der Waals surface area contributed by atoms with Crippen LogP contribution in [0, 0.1) is 0 Å². The second-order valence-electron chi connectivity index (χ2n) is 16.2. The summed E-state index contributed by atoms with van der Waals surface area (Å²) < 4.78 is 4.84. The summed E-state index contributed by atoms with van der Waals surface area (Å²) in [6.45, 7) is 0. The average molecular weight is 789 g/mol. The molecule has 0 unspecified atom stereocenters. The summed E-state index contributed by atoms with van der Waals surface area (Å²) in [5, 5.41) is 9.66. The van der Waals surface area contributed by atoms with Crippen LogP contribution in [-0.4, -0.2) is 19.1 Å². The van der Waals surface area contributed by atoms with Crippen molar-refractivity contribution in [3.8, 4) is 45.0 Å². The smallest absolute Gasteiger partial charge is 0.165 e. The number of fused-ring (bicyclic) bond motifs is 10. The molecule has 0 aliphatic carbocycles. The van der Waals surface area contributed by atoms with Gasteiger partial charge in [0.05, 0.1) is 38.8 Å². The molecule has 288 valence electrons. The summed E-state index contributed by atoms with van der Waals surface area (Å²) >= 11 is 0. The molecule has 0 amide bonds. The molecule has 62 heavy (non-hydrogen) atoms. The first kappa shape index (κ1) is 34.5. The molecular formula is C58H36N4. The van der Waals surface area contributed by atoms with Crippen molar-refractivity contribution in [3.63, 3.8) is 0 Å². The van der Waals surface area contributed by atoms with Crippen molar-refractivity contribution in [1.82, 2.24) is 19.1 Å². The van der Waals surface area contributed by atoms with Crippen LogP contribution in [0.4, 0.5) is 0 Å². The lowest BCUT2D eigenvalue weighted by Crippen LogP contribution is -2.04. The van der Waals surface area contributed by atoms with Crippen LogP contribution in [0.2, 0.25) is 0 Å². The van der Waals surface area contributed by atoms with Gasteiger partial charge in [-0.25, -0.2) is 9.97 Å². The van der Waals surface area contributed by atoms with Gasteiger partial charge in [-0.05, 0) is 111 Å². The highest BCUT2D eigenvalue weighted by molar-refractivity contribution is 6.23. The topological polar surface area (TPSA) is 35.6 Å². The quantitative estimate of drug-likeness (QED) is 0.174. The van der Waals surface area contributed by atoms with E-state index in [4.69, 9.17) is 9.97 Å². The molecule has 4 nitrogen and oxygen atoms in total. The fraction of sp³-hybridized carbons (Fsp3) is 0. The van der Waals surface area contributed by atoms with Crippen LogP contribution >= 0.6 is 0 Å². The molecule has 13 aromatic rings. The zero-order valence-corrected chi connectivity index (χ0v) is 33.6. The molecule has 0 radical (unpaired) electrons. The van der Waals surface area contributed by atoms with E-state index in [1.807, 2.05) is 12.1 Å². The van der Waals surface area contributed by atoms with Crippen molar-refractivity contribution in [2.45, 2.75) is 0 Å². The average Bonchev–Trinajstić information content (AvgIpc) is 3.86. The maximum absolute atomic E-state index is 5.60. The Labute approximate surface area is 357 Å². The highest BCUT2D eigenvalue weighted by atomic mass is 15.1. The fourth-order valence-electron chi connectivity index (χ4n) is 9.85. The number of aromatic nitrogens is 4. The molecular weight excluding hydrogens is 753 g/mol. The predicted molar refractivity (Wildman–Crippen MR) is 260 cm³/mol. The van der Waals surface area contributed by atoms with Crippen molar-refractivity contribution in [2.75, 3.05) is 0 Å². The first-order chi connectivity index (χ1) is 30.7. The molecule has 0 atom stereocenters. The Kier molecular flexibility index (Phi) is 7.57. The molecule has 10 aromatic carbocycles. The van der Waals surface area contributed by atoms with Crippen LogP contribution in [-0.2, 0) is 0 Å². The first-order valence-corrected chi connectivity index (χ1v) is 21.2. The van der Waals surface area contributed by atoms with Gasteiger partial charge in [-0.1, -0.05) is 152 Å². The zero-order valence-electron chi connectivity index (χ0n) is 33.6. The molecule has 0 spiro atoms. The minimum Gasteiger partial charge on any atom is -0.309 e. The van der Waals surface area contributed by atoms with E-state index >= 15 is 0 Å². The third-order valence-corrected chi connectivity index (χ3v) is 12.6. The van der Waals surface area contributed by atoms with Crippen LogP contribution in [0.25, 0.3) is 121 Å². The summed E-state index contributed by atoms with van der Waals surface area (Å²) in [5.74, 6) is 0.786. The van der Waals surface area contributed by atoms with E-state index in [0.717, 1.165) is 77.9 Å². The monoisotopic (exact) mass is 788 g/mol. The predicted octanol–water partition coefficient (Wildman–Crippen LogP) is 15.1. The lowest BCUT2D eigenvalue weighted by molar-refractivity contribution is 1.08. The van der Waals surface area contributed by atoms with Gasteiger partial charge in [0, 0.05) is 27.1 Å². The molecule has 0 saturated carbocycles. The Morgan fingerprint density at radius 3 is 1.60 bits per heavy atom. The molecule has 0 saturated heterocycles. The number of benzene rings is 10. The van der Waals surface area contributed by atoms with E-state index in [0.29, 0.717) is 0 Å². The van der Waals surface area contributed by atoms with Gasteiger partial charge in [-0.2, -0.15) is 0 Å². The molecule has 0 aliphatic rings. The minimum atomic E-state index is 0.786. The highest BCUT2D eigenvalue weighted by Gasteiger charge is 2.24. The van der Waals surface area contributed by atoms with Crippen molar-refractivity contribution >= 4 is 76.2 Å². The Bertz CT molecular complexity index is 3860. The molecule has 4 heteroatoms. The SMILES string of the molecule is c1ccc(-c2cc(-c3ccccc3)cc(-c3nc4ccccc4nc3-n3c4cc5ccccc5cc4c4c(-n5c6ccccc6c6c7ccccc7ccc65)cccc43)c2)cc1. The van der Waals surface area contributed by atoms with Crippen LogP contribution in [0.1, 0.15) is 0 Å². The number of hydrogen-bond acceptors (Lipinski definition) is 2. The molecule has 3 heterocycles. The number of rotatable bonds is 5. The van der Waals surface area contributed by atoms with Gasteiger partial charge in [0.2, 0.25) is 0 Å². The van der Waals surface area contributed by atoms with E-state index in [1.54, 1.807) is 0 Å². The molecule has 0 aliphatic heterocycles. The minimum absolute atomic E-state index is 0.786. The van der Waals surface area contributed by atoms with Gasteiger partial charge < -0.3 is 4.57 Å². The van der Waals surface area contributed by atoms with Gasteiger partial charge in [-0.15, -0.1) is 0 Å². The fourth-order valence-corrected chi connectivity index (χ4v) is 9.85. The first-order valence-electron chi connectivity index (χ1n) is 21.2. The Morgan fingerprint density at radius 2 is 0.855 bits per heavy atom. The Morgan fingerprint density at radius 1 is 0.290 bits per heavy atom. The van der Waals surface area contributed by atoms with E-state index in [1.165, 1.54) is 43.4 Å². The standard InChI is InChI=1S/C58H36N4/c1-3-16-37(17-4-1)42-32-43(38-18-5-2-6-19-38)34-44(33-42)57-58(60-49-26-13-12-25-48(49)59-57)62-52-29-15-28-51(56(52)47-35-40-21-7-8-22-41(40)36-54(47)62)61-50-27-14-11-24-46(50)55-45-23-10-9-20-39(45)30-31-53(55)61/h1-36H. The lowest BCUT2D eigenvalue weighted by Gasteiger charge is -2.16. The van der Waals surface area contributed by atoms with Crippen molar-refractivity contribution < 1.29 is 0 Å². The normalized spacial score (nSPS) is 11.9. The van der Waals surface area contributed by atoms with E-state index in [2.05, 4.69) is 215 Å². The van der Waals surface area contributed by atoms with Crippen LogP contribution < -0.4 is 0 Å². The highest BCUT2D eigenvalue weighted by Crippen LogP contribution is 2.44. The van der Waals surface area contributed by atoms with E-state index < -0.39 is 0 Å². The van der Waals surface area contributed by atoms with Gasteiger partial charge >= 0.3 is 0 Å². The second kappa shape index (κ2) is 13.6.